The van der Waals surface area contributed by atoms with Crippen LogP contribution in [0, 0.1) is 13.8 Å². The van der Waals surface area contributed by atoms with E-state index in [-0.39, 0.29) is 23.4 Å². The molecule has 0 aliphatic rings. The van der Waals surface area contributed by atoms with E-state index in [0.29, 0.717) is 11.4 Å². The molecule has 0 aliphatic carbocycles. The number of amides is 1. The summed E-state index contributed by atoms with van der Waals surface area (Å²) in [4.78, 5) is 11.7. The first-order chi connectivity index (χ1) is 8.66. The number of carbonyl (C=O) groups excluding carboxylic acids is 1. The molecule has 0 saturated carbocycles. The molecule has 1 N–H and O–H groups in total. The van der Waals surface area contributed by atoms with Crippen LogP contribution in [0.2, 0.25) is 0 Å². The van der Waals surface area contributed by atoms with Crippen molar-refractivity contribution < 1.29 is 13.2 Å². The van der Waals surface area contributed by atoms with Gasteiger partial charge >= 0.3 is 0 Å². The molecule has 1 unspecified atom stereocenters. The van der Waals surface area contributed by atoms with E-state index in [1.807, 2.05) is 13.8 Å². The van der Waals surface area contributed by atoms with Gasteiger partial charge in [-0.25, -0.2) is 8.42 Å². The summed E-state index contributed by atoms with van der Waals surface area (Å²) in [6.07, 6.45) is 0.824. The van der Waals surface area contributed by atoms with Gasteiger partial charge in [-0.3, -0.25) is 9.48 Å². The van der Waals surface area contributed by atoms with Gasteiger partial charge in [0.1, 0.15) is 11.4 Å². The van der Waals surface area contributed by atoms with E-state index < -0.39 is 9.05 Å². The highest BCUT2D eigenvalue weighted by atomic mass is 35.7. The molecule has 1 aromatic heterocycles. The van der Waals surface area contributed by atoms with E-state index in [1.54, 1.807) is 13.8 Å². The van der Waals surface area contributed by atoms with Crippen molar-refractivity contribution in [3.63, 3.8) is 0 Å². The summed E-state index contributed by atoms with van der Waals surface area (Å²) >= 11 is 0. The highest BCUT2D eigenvalue weighted by molar-refractivity contribution is 8.13. The molecule has 6 nitrogen and oxygen atoms in total. The average molecular weight is 308 g/mol. The Labute approximate surface area is 117 Å². The molecule has 1 heterocycles. The minimum absolute atomic E-state index is 0.0227. The van der Waals surface area contributed by atoms with Crippen molar-refractivity contribution in [2.24, 2.45) is 0 Å². The molecule has 0 saturated heterocycles. The molecule has 1 atom stereocenters. The van der Waals surface area contributed by atoms with Gasteiger partial charge in [-0.15, -0.1) is 0 Å². The monoisotopic (exact) mass is 307 g/mol. The fourth-order valence-electron chi connectivity index (χ4n) is 1.75. The highest BCUT2D eigenvalue weighted by Gasteiger charge is 2.23. The van der Waals surface area contributed by atoms with Crippen LogP contribution < -0.4 is 5.32 Å². The number of rotatable bonds is 5. The third-order valence-electron chi connectivity index (χ3n) is 2.87. The maximum atomic E-state index is 11.7. The number of halogens is 1. The van der Waals surface area contributed by atoms with Crippen LogP contribution in [0.5, 0.6) is 0 Å². The molecule has 8 heteroatoms. The predicted octanol–water partition coefficient (Wildman–Crippen LogP) is 1.34. The number of aryl methyl sites for hydroxylation is 1. The van der Waals surface area contributed by atoms with Crippen LogP contribution in [0.3, 0.4) is 0 Å². The van der Waals surface area contributed by atoms with Crippen LogP contribution >= 0.6 is 10.7 Å². The minimum Gasteiger partial charge on any atom is -0.352 e. The lowest BCUT2D eigenvalue weighted by Gasteiger charge is -2.11. The van der Waals surface area contributed by atoms with Gasteiger partial charge in [0.2, 0.25) is 5.91 Å². The van der Waals surface area contributed by atoms with E-state index in [9.17, 15) is 13.2 Å². The van der Waals surface area contributed by atoms with Crippen molar-refractivity contribution >= 4 is 25.6 Å². The molecule has 0 aromatic carbocycles. The molecule has 1 aromatic rings. The quantitative estimate of drug-likeness (QED) is 0.832. The molecule has 108 valence electrons. The Kier molecular flexibility index (Phi) is 4.98. The molecule has 0 spiro atoms. The minimum atomic E-state index is -3.85. The molecule has 0 radical (unpaired) electrons. The van der Waals surface area contributed by atoms with E-state index in [1.165, 1.54) is 4.68 Å². The van der Waals surface area contributed by atoms with Gasteiger partial charge in [0.25, 0.3) is 9.05 Å². The maximum absolute atomic E-state index is 11.7. The molecule has 1 rings (SSSR count). The summed E-state index contributed by atoms with van der Waals surface area (Å²) in [5.74, 6) is -0.210. The van der Waals surface area contributed by atoms with Gasteiger partial charge in [-0.1, -0.05) is 6.92 Å². The maximum Gasteiger partial charge on any atom is 0.264 e. The third-order valence-corrected chi connectivity index (χ3v) is 4.41. The molecule has 1 amide bonds. The number of aromatic nitrogens is 2. The number of nitrogens with one attached hydrogen (secondary N) is 1. The standard InChI is InChI=1S/C11H18ClN3O3S/c1-5-7(2)13-10(16)6-15-9(4)11(8(3)14-15)19(12,17)18/h7H,5-6H2,1-4H3,(H,13,16). The Bertz CT molecular complexity index is 580. The normalized spacial score (nSPS) is 13.3. The molecule has 0 aliphatic heterocycles. The molecule has 0 bridgehead atoms. The Balaban J connectivity index is 2.96. The Morgan fingerprint density at radius 1 is 1.47 bits per heavy atom. The predicted molar refractivity (Wildman–Crippen MR) is 72.6 cm³/mol. The van der Waals surface area contributed by atoms with E-state index in [2.05, 4.69) is 10.4 Å². The third kappa shape index (κ3) is 3.94. The number of nitrogens with zero attached hydrogens (tertiary/aromatic N) is 2. The average Bonchev–Trinajstić information content (AvgIpc) is 2.52. The van der Waals surface area contributed by atoms with Crippen molar-refractivity contribution in [1.29, 1.82) is 0 Å². The Morgan fingerprint density at radius 3 is 2.47 bits per heavy atom. The van der Waals surface area contributed by atoms with Gasteiger partial charge in [-0.05, 0) is 27.2 Å². The van der Waals surface area contributed by atoms with Gasteiger partial charge in [0, 0.05) is 16.7 Å². The summed E-state index contributed by atoms with van der Waals surface area (Å²) in [6.45, 7) is 6.96. The fourth-order valence-corrected chi connectivity index (χ4v) is 3.27. The molecular weight excluding hydrogens is 290 g/mol. The first-order valence-corrected chi connectivity index (χ1v) is 8.25. The second kappa shape index (κ2) is 5.92. The summed E-state index contributed by atoms with van der Waals surface area (Å²) < 4.78 is 24.2. The van der Waals surface area contributed by atoms with Crippen molar-refractivity contribution in [2.45, 2.75) is 51.6 Å². The fraction of sp³-hybridized carbons (Fsp3) is 0.636. The zero-order valence-corrected chi connectivity index (χ0v) is 13.0. The van der Waals surface area contributed by atoms with Crippen molar-refractivity contribution in [1.82, 2.24) is 15.1 Å². The lowest BCUT2D eigenvalue weighted by molar-refractivity contribution is -0.122. The number of carbonyl (C=O) groups is 1. The molecular formula is C11H18ClN3O3S. The van der Waals surface area contributed by atoms with E-state index in [4.69, 9.17) is 10.7 Å². The van der Waals surface area contributed by atoms with Crippen LogP contribution in [0.25, 0.3) is 0 Å². The van der Waals surface area contributed by atoms with Gasteiger partial charge < -0.3 is 5.32 Å². The second-order valence-electron chi connectivity index (χ2n) is 4.47. The van der Waals surface area contributed by atoms with Crippen LogP contribution in [0.1, 0.15) is 31.7 Å². The Morgan fingerprint density at radius 2 is 2.05 bits per heavy atom. The highest BCUT2D eigenvalue weighted by Crippen LogP contribution is 2.22. The van der Waals surface area contributed by atoms with Crippen LogP contribution in [0.4, 0.5) is 0 Å². The van der Waals surface area contributed by atoms with Crippen molar-refractivity contribution in [3.05, 3.63) is 11.4 Å². The Hall–Kier alpha value is -1.08. The smallest absolute Gasteiger partial charge is 0.264 e. The van der Waals surface area contributed by atoms with Gasteiger partial charge in [-0.2, -0.15) is 5.10 Å². The van der Waals surface area contributed by atoms with Crippen LogP contribution in [0.15, 0.2) is 4.90 Å². The van der Waals surface area contributed by atoms with Crippen molar-refractivity contribution in [3.8, 4) is 0 Å². The largest absolute Gasteiger partial charge is 0.352 e. The summed E-state index contributed by atoms with van der Waals surface area (Å²) in [5.41, 5.74) is 0.663. The van der Waals surface area contributed by atoms with Crippen molar-refractivity contribution in [2.75, 3.05) is 0 Å². The second-order valence-corrected chi connectivity index (χ2v) is 6.98. The molecule has 0 fully saturated rings. The summed E-state index contributed by atoms with van der Waals surface area (Å²) in [5, 5.41) is 6.83. The number of hydrogen-bond acceptors (Lipinski definition) is 4. The zero-order chi connectivity index (χ0) is 14.8. The first-order valence-electron chi connectivity index (χ1n) is 5.94. The topological polar surface area (TPSA) is 81.1 Å². The van der Waals surface area contributed by atoms with Gasteiger partial charge in [0.05, 0.1) is 11.4 Å². The summed E-state index contributed by atoms with van der Waals surface area (Å²) in [7, 11) is 1.49. The van der Waals surface area contributed by atoms with Gasteiger partial charge in [0.15, 0.2) is 0 Å². The summed E-state index contributed by atoms with van der Waals surface area (Å²) in [6, 6.07) is 0.0701. The zero-order valence-electron chi connectivity index (χ0n) is 11.4. The SMILES string of the molecule is CCC(C)NC(=O)Cn1nc(C)c(S(=O)(=O)Cl)c1C. The molecule has 19 heavy (non-hydrogen) atoms. The lowest BCUT2D eigenvalue weighted by Crippen LogP contribution is -2.35. The van der Waals surface area contributed by atoms with E-state index in [0.717, 1.165) is 6.42 Å². The number of hydrogen-bond donors (Lipinski definition) is 1. The van der Waals surface area contributed by atoms with Crippen LogP contribution in [-0.4, -0.2) is 30.1 Å². The van der Waals surface area contributed by atoms with Crippen LogP contribution in [-0.2, 0) is 20.4 Å². The lowest BCUT2D eigenvalue weighted by atomic mass is 10.2. The van der Waals surface area contributed by atoms with E-state index >= 15 is 0 Å². The first kappa shape index (κ1) is 16.0.